The Bertz CT molecular complexity index is 168. The van der Waals surface area contributed by atoms with Crippen LogP contribution in [-0.4, -0.2) is 18.6 Å². The van der Waals surface area contributed by atoms with E-state index in [-0.39, 0.29) is 18.4 Å². The smallest absolute Gasteiger partial charge is 0.306 e. The molecule has 84 valence electrons. The summed E-state index contributed by atoms with van der Waals surface area (Å²) in [4.78, 5) is 11.1. The summed E-state index contributed by atoms with van der Waals surface area (Å²) in [5.74, 6) is 0.460. The minimum atomic E-state index is -0.0528. The Hall–Kier alpha value is -0.280. The Morgan fingerprint density at radius 2 is 1.93 bits per heavy atom. The van der Waals surface area contributed by atoms with E-state index in [2.05, 4.69) is 0 Å². The van der Waals surface area contributed by atoms with Crippen LogP contribution in [0.3, 0.4) is 0 Å². The zero-order valence-corrected chi connectivity index (χ0v) is 9.52. The first-order valence-electron chi connectivity index (χ1n) is 5.13. The summed E-state index contributed by atoms with van der Waals surface area (Å²) >= 11 is 0. The first kappa shape index (κ1) is 13.7. The van der Waals surface area contributed by atoms with E-state index in [9.17, 15) is 4.79 Å². The van der Waals surface area contributed by atoms with Crippen molar-refractivity contribution in [3.8, 4) is 0 Å². The molecule has 0 unspecified atom stereocenters. The minimum absolute atomic E-state index is 0. The van der Waals surface area contributed by atoms with E-state index >= 15 is 0 Å². The van der Waals surface area contributed by atoms with Gasteiger partial charge in [-0.1, -0.05) is 0 Å². The number of nitrogens with two attached hydrogens (primary N) is 1. The van der Waals surface area contributed by atoms with Crippen LogP contribution >= 0.6 is 12.4 Å². The van der Waals surface area contributed by atoms with Crippen LogP contribution in [0.15, 0.2) is 0 Å². The second-order valence-corrected chi connectivity index (χ2v) is 3.79. The standard InChI is InChI=1S/C10H19NO2.ClH/c1-2-13-10(12)7-8-3-5-9(11)6-4-8;/h8-9H,2-7,11H2,1H3;1H. The van der Waals surface area contributed by atoms with Gasteiger partial charge in [-0.05, 0) is 38.5 Å². The number of ether oxygens (including phenoxy) is 1. The number of hydrogen-bond donors (Lipinski definition) is 1. The van der Waals surface area contributed by atoms with E-state index in [0.717, 1.165) is 25.7 Å². The molecule has 0 aliphatic heterocycles. The average molecular weight is 222 g/mol. The van der Waals surface area contributed by atoms with Crippen molar-refractivity contribution in [1.82, 2.24) is 0 Å². The quantitative estimate of drug-likeness (QED) is 0.741. The Balaban J connectivity index is 0.00000169. The molecule has 0 bridgehead atoms. The molecule has 1 fully saturated rings. The van der Waals surface area contributed by atoms with Crippen LogP contribution in [0.25, 0.3) is 0 Å². The molecule has 1 aliphatic rings. The topological polar surface area (TPSA) is 52.3 Å². The summed E-state index contributed by atoms with van der Waals surface area (Å²) in [6, 6.07) is 0.360. The fraction of sp³-hybridized carbons (Fsp3) is 0.900. The van der Waals surface area contributed by atoms with Crippen molar-refractivity contribution >= 4 is 18.4 Å². The van der Waals surface area contributed by atoms with Crippen molar-refractivity contribution in [2.75, 3.05) is 6.61 Å². The number of esters is 1. The van der Waals surface area contributed by atoms with Crippen molar-refractivity contribution in [2.24, 2.45) is 11.7 Å². The molecule has 0 saturated heterocycles. The van der Waals surface area contributed by atoms with Crippen molar-refractivity contribution in [1.29, 1.82) is 0 Å². The molecule has 1 aliphatic carbocycles. The highest BCUT2D eigenvalue weighted by molar-refractivity contribution is 5.85. The minimum Gasteiger partial charge on any atom is -0.466 e. The summed E-state index contributed by atoms with van der Waals surface area (Å²) < 4.78 is 4.90. The van der Waals surface area contributed by atoms with Crippen LogP contribution in [0.5, 0.6) is 0 Å². The Kier molecular flexibility index (Phi) is 6.93. The van der Waals surface area contributed by atoms with Gasteiger partial charge in [-0.2, -0.15) is 0 Å². The van der Waals surface area contributed by atoms with Crippen molar-refractivity contribution in [2.45, 2.75) is 45.1 Å². The van der Waals surface area contributed by atoms with E-state index in [1.165, 1.54) is 0 Å². The van der Waals surface area contributed by atoms with E-state index in [4.69, 9.17) is 10.5 Å². The summed E-state index contributed by atoms with van der Waals surface area (Å²) in [6.07, 6.45) is 4.87. The van der Waals surface area contributed by atoms with Gasteiger partial charge in [-0.15, -0.1) is 12.4 Å². The van der Waals surface area contributed by atoms with E-state index in [1.54, 1.807) is 0 Å². The van der Waals surface area contributed by atoms with Gasteiger partial charge in [0.2, 0.25) is 0 Å². The fourth-order valence-electron chi connectivity index (χ4n) is 1.85. The molecule has 1 saturated carbocycles. The molecule has 0 atom stereocenters. The van der Waals surface area contributed by atoms with Crippen LogP contribution in [0.4, 0.5) is 0 Å². The highest BCUT2D eigenvalue weighted by Gasteiger charge is 2.21. The molecule has 0 aromatic rings. The largest absolute Gasteiger partial charge is 0.466 e. The van der Waals surface area contributed by atoms with Gasteiger partial charge in [0.05, 0.1) is 6.61 Å². The predicted molar refractivity (Wildman–Crippen MR) is 58.4 cm³/mol. The summed E-state index contributed by atoms with van der Waals surface area (Å²) in [5, 5.41) is 0. The third-order valence-corrected chi connectivity index (χ3v) is 2.65. The normalized spacial score (nSPS) is 26.4. The van der Waals surface area contributed by atoms with Crippen LogP contribution in [-0.2, 0) is 9.53 Å². The van der Waals surface area contributed by atoms with Gasteiger partial charge >= 0.3 is 5.97 Å². The van der Waals surface area contributed by atoms with Gasteiger partial charge in [-0.25, -0.2) is 0 Å². The molecule has 4 heteroatoms. The van der Waals surface area contributed by atoms with Gasteiger partial charge in [-0.3, -0.25) is 4.79 Å². The van der Waals surface area contributed by atoms with Gasteiger partial charge in [0.1, 0.15) is 0 Å². The monoisotopic (exact) mass is 221 g/mol. The van der Waals surface area contributed by atoms with E-state index in [1.807, 2.05) is 6.92 Å². The first-order valence-corrected chi connectivity index (χ1v) is 5.13. The third-order valence-electron chi connectivity index (χ3n) is 2.65. The molecule has 0 radical (unpaired) electrons. The number of hydrogen-bond acceptors (Lipinski definition) is 3. The number of carbonyl (C=O) groups is 1. The van der Waals surface area contributed by atoms with Crippen LogP contribution in [0, 0.1) is 5.92 Å². The number of rotatable bonds is 3. The van der Waals surface area contributed by atoms with Crippen LogP contribution < -0.4 is 5.73 Å². The third kappa shape index (κ3) is 4.82. The summed E-state index contributed by atoms with van der Waals surface area (Å²) in [5.41, 5.74) is 5.77. The lowest BCUT2D eigenvalue weighted by atomic mass is 9.84. The maximum atomic E-state index is 11.1. The molecular formula is C10H20ClNO2. The fourth-order valence-corrected chi connectivity index (χ4v) is 1.85. The van der Waals surface area contributed by atoms with Crippen LogP contribution in [0.2, 0.25) is 0 Å². The Labute approximate surface area is 91.8 Å². The van der Waals surface area contributed by atoms with Gasteiger partial charge in [0, 0.05) is 12.5 Å². The molecule has 1 rings (SSSR count). The summed E-state index contributed by atoms with van der Waals surface area (Å²) in [7, 11) is 0. The van der Waals surface area contributed by atoms with Crippen LogP contribution in [0.1, 0.15) is 39.0 Å². The molecule has 0 amide bonds. The van der Waals surface area contributed by atoms with E-state index < -0.39 is 0 Å². The second-order valence-electron chi connectivity index (χ2n) is 3.79. The highest BCUT2D eigenvalue weighted by atomic mass is 35.5. The molecule has 0 aromatic carbocycles. The molecule has 0 aromatic heterocycles. The van der Waals surface area contributed by atoms with Crippen molar-refractivity contribution in [3.05, 3.63) is 0 Å². The molecular weight excluding hydrogens is 202 g/mol. The Morgan fingerprint density at radius 1 is 1.36 bits per heavy atom. The lowest BCUT2D eigenvalue weighted by Crippen LogP contribution is -2.27. The van der Waals surface area contributed by atoms with Gasteiger partial charge in [0.25, 0.3) is 0 Å². The zero-order chi connectivity index (χ0) is 9.68. The van der Waals surface area contributed by atoms with Crippen molar-refractivity contribution < 1.29 is 9.53 Å². The average Bonchev–Trinajstić information content (AvgIpc) is 2.09. The van der Waals surface area contributed by atoms with Crippen molar-refractivity contribution in [3.63, 3.8) is 0 Å². The van der Waals surface area contributed by atoms with Gasteiger partial charge in [0.15, 0.2) is 0 Å². The van der Waals surface area contributed by atoms with Gasteiger partial charge < -0.3 is 10.5 Å². The highest BCUT2D eigenvalue weighted by Crippen LogP contribution is 2.25. The molecule has 3 nitrogen and oxygen atoms in total. The molecule has 0 spiro atoms. The molecule has 14 heavy (non-hydrogen) atoms. The lowest BCUT2D eigenvalue weighted by Gasteiger charge is -2.25. The zero-order valence-electron chi connectivity index (χ0n) is 8.70. The SMILES string of the molecule is CCOC(=O)CC1CCC(N)CC1.Cl. The number of carbonyl (C=O) groups excluding carboxylic acids is 1. The first-order chi connectivity index (χ1) is 6.22. The second kappa shape index (κ2) is 7.07. The summed E-state index contributed by atoms with van der Waals surface area (Å²) in [6.45, 7) is 2.33. The lowest BCUT2D eigenvalue weighted by molar-refractivity contribution is -0.144. The predicted octanol–water partition coefficient (Wildman–Crippen LogP) is 1.88. The molecule has 2 N–H and O–H groups in total. The number of halogens is 1. The maximum absolute atomic E-state index is 11.1. The Morgan fingerprint density at radius 3 is 2.43 bits per heavy atom. The molecule has 0 heterocycles. The maximum Gasteiger partial charge on any atom is 0.306 e. The van der Waals surface area contributed by atoms with E-state index in [0.29, 0.717) is 25.0 Å².